The zero-order valence-electron chi connectivity index (χ0n) is 16.2. The molecule has 5 heteroatoms. The van der Waals surface area contributed by atoms with Gasteiger partial charge < -0.3 is 15.4 Å². The monoisotopic (exact) mass is 368 g/mol. The molecular formula is C22H28N2O3. The Balaban J connectivity index is 2.10. The second kappa shape index (κ2) is 9.76. The zero-order chi connectivity index (χ0) is 19.8. The van der Waals surface area contributed by atoms with Crippen molar-refractivity contribution < 1.29 is 14.3 Å². The van der Waals surface area contributed by atoms with Gasteiger partial charge in [-0.25, -0.2) is 0 Å². The van der Waals surface area contributed by atoms with Crippen LogP contribution in [0.2, 0.25) is 0 Å². The number of carbonyl (C=O) groups excluding carboxylic acids is 2. The molecule has 0 aliphatic heterocycles. The smallest absolute Gasteiger partial charge is 0.263 e. The molecule has 144 valence electrons. The zero-order valence-corrected chi connectivity index (χ0v) is 16.2. The number of amides is 2. The molecular weight excluding hydrogens is 340 g/mol. The van der Waals surface area contributed by atoms with Crippen molar-refractivity contribution in [2.24, 2.45) is 5.73 Å². The molecule has 0 fully saturated rings. The number of hydrogen-bond donors (Lipinski definition) is 1. The van der Waals surface area contributed by atoms with E-state index >= 15 is 0 Å². The maximum atomic E-state index is 12.9. The average molecular weight is 368 g/mol. The maximum Gasteiger partial charge on any atom is 0.263 e. The van der Waals surface area contributed by atoms with Crippen LogP contribution in [0.3, 0.4) is 0 Å². The van der Waals surface area contributed by atoms with E-state index in [4.69, 9.17) is 10.5 Å². The van der Waals surface area contributed by atoms with E-state index in [0.29, 0.717) is 18.2 Å². The van der Waals surface area contributed by atoms with Crippen LogP contribution in [0.5, 0.6) is 5.75 Å². The Kier molecular flexibility index (Phi) is 7.41. The predicted molar refractivity (Wildman–Crippen MR) is 106 cm³/mol. The molecule has 27 heavy (non-hydrogen) atoms. The topological polar surface area (TPSA) is 72.6 Å². The van der Waals surface area contributed by atoms with Gasteiger partial charge >= 0.3 is 0 Å². The summed E-state index contributed by atoms with van der Waals surface area (Å²) in [6.07, 6.45) is -0.544. The molecule has 0 aliphatic rings. The van der Waals surface area contributed by atoms with Crippen molar-refractivity contribution in [1.29, 1.82) is 0 Å². The molecule has 0 heterocycles. The van der Waals surface area contributed by atoms with E-state index in [0.717, 1.165) is 11.1 Å². The molecule has 1 atom stereocenters. The lowest BCUT2D eigenvalue weighted by atomic mass is 10.0. The van der Waals surface area contributed by atoms with E-state index in [1.54, 1.807) is 11.8 Å². The Morgan fingerprint density at radius 2 is 1.74 bits per heavy atom. The van der Waals surface area contributed by atoms with Gasteiger partial charge in [0, 0.05) is 19.5 Å². The lowest BCUT2D eigenvalue weighted by molar-refractivity contribution is -0.139. The molecule has 2 aromatic carbocycles. The fourth-order valence-electron chi connectivity index (χ4n) is 2.77. The van der Waals surface area contributed by atoms with Crippen LogP contribution in [0.25, 0.3) is 0 Å². The molecule has 0 saturated carbocycles. The molecule has 2 amide bonds. The quantitative estimate of drug-likeness (QED) is 0.736. The van der Waals surface area contributed by atoms with Gasteiger partial charge in [0.2, 0.25) is 5.91 Å². The molecule has 0 spiro atoms. The third kappa shape index (κ3) is 6.44. The van der Waals surface area contributed by atoms with Gasteiger partial charge in [0.1, 0.15) is 5.75 Å². The number of primary amides is 1. The first-order chi connectivity index (χ1) is 12.9. The summed E-state index contributed by atoms with van der Waals surface area (Å²) in [4.78, 5) is 25.7. The number of carbonyl (C=O) groups is 2. The first-order valence-electron chi connectivity index (χ1n) is 9.24. The van der Waals surface area contributed by atoms with E-state index in [9.17, 15) is 9.59 Å². The van der Waals surface area contributed by atoms with Gasteiger partial charge in [0.15, 0.2) is 6.10 Å². The number of hydrogen-bond acceptors (Lipinski definition) is 3. The van der Waals surface area contributed by atoms with Crippen LogP contribution in [-0.4, -0.2) is 29.4 Å². The van der Waals surface area contributed by atoms with Crippen molar-refractivity contribution in [3.05, 3.63) is 65.7 Å². The fourth-order valence-corrected chi connectivity index (χ4v) is 2.77. The standard InChI is InChI=1S/C22H28N2O3/c1-16(2)19-10-7-11-20(14-19)27-17(3)22(26)24(13-12-21(23)25)15-18-8-5-4-6-9-18/h4-11,14,16-17H,12-13,15H2,1-3H3,(H2,23,25). The van der Waals surface area contributed by atoms with Crippen LogP contribution >= 0.6 is 0 Å². The number of rotatable bonds is 9. The third-order valence-electron chi connectivity index (χ3n) is 4.34. The SMILES string of the molecule is CC(Oc1cccc(C(C)C)c1)C(=O)N(CCC(N)=O)Cc1ccccc1. The summed E-state index contributed by atoms with van der Waals surface area (Å²) in [5.74, 6) is 0.440. The Bertz CT molecular complexity index is 759. The summed E-state index contributed by atoms with van der Waals surface area (Å²) in [5.41, 5.74) is 7.42. The maximum absolute atomic E-state index is 12.9. The summed E-state index contributed by atoms with van der Waals surface area (Å²) >= 11 is 0. The van der Waals surface area contributed by atoms with E-state index in [1.165, 1.54) is 0 Å². The second-order valence-corrected chi connectivity index (χ2v) is 6.95. The fraction of sp³-hybridized carbons (Fsp3) is 0.364. The van der Waals surface area contributed by atoms with E-state index in [-0.39, 0.29) is 18.9 Å². The summed E-state index contributed by atoms with van der Waals surface area (Å²) < 4.78 is 5.89. The number of ether oxygens (including phenoxy) is 1. The van der Waals surface area contributed by atoms with Gasteiger partial charge in [-0.15, -0.1) is 0 Å². The Labute approximate surface area is 161 Å². The Hall–Kier alpha value is -2.82. The Morgan fingerprint density at radius 1 is 1.04 bits per heavy atom. The molecule has 2 aromatic rings. The van der Waals surface area contributed by atoms with E-state index < -0.39 is 12.0 Å². The van der Waals surface area contributed by atoms with Crippen molar-refractivity contribution in [1.82, 2.24) is 4.90 Å². The highest BCUT2D eigenvalue weighted by molar-refractivity contribution is 5.82. The summed E-state index contributed by atoms with van der Waals surface area (Å²) in [5, 5.41) is 0. The average Bonchev–Trinajstić information content (AvgIpc) is 2.65. The molecule has 2 N–H and O–H groups in total. The summed E-state index contributed by atoms with van der Waals surface area (Å²) in [7, 11) is 0. The summed E-state index contributed by atoms with van der Waals surface area (Å²) in [6.45, 7) is 6.63. The first kappa shape index (κ1) is 20.5. The third-order valence-corrected chi connectivity index (χ3v) is 4.34. The van der Waals surface area contributed by atoms with Crippen LogP contribution in [0.4, 0.5) is 0 Å². The highest BCUT2D eigenvalue weighted by Crippen LogP contribution is 2.21. The first-order valence-corrected chi connectivity index (χ1v) is 9.24. The lowest BCUT2D eigenvalue weighted by Gasteiger charge is -2.26. The second-order valence-electron chi connectivity index (χ2n) is 6.95. The predicted octanol–water partition coefficient (Wildman–Crippen LogP) is 3.48. The van der Waals surface area contributed by atoms with Crippen molar-refractivity contribution in [2.75, 3.05) is 6.54 Å². The highest BCUT2D eigenvalue weighted by atomic mass is 16.5. The lowest BCUT2D eigenvalue weighted by Crippen LogP contribution is -2.41. The van der Waals surface area contributed by atoms with Gasteiger partial charge in [-0.1, -0.05) is 56.3 Å². The molecule has 0 radical (unpaired) electrons. The van der Waals surface area contributed by atoms with Gasteiger partial charge in [-0.05, 0) is 36.1 Å². The van der Waals surface area contributed by atoms with Crippen molar-refractivity contribution in [3.8, 4) is 5.75 Å². The van der Waals surface area contributed by atoms with Crippen LogP contribution in [-0.2, 0) is 16.1 Å². The minimum Gasteiger partial charge on any atom is -0.481 e. The Morgan fingerprint density at radius 3 is 2.37 bits per heavy atom. The van der Waals surface area contributed by atoms with Crippen LogP contribution in [0.1, 0.15) is 44.2 Å². The normalized spacial score (nSPS) is 11.9. The van der Waals surface area contributed by atoms with Gasteiger partial charge in [0.25, 0.3) is 5.91 Å². The van der Waals surface area contributed by atoms with Gasteiger partial charge in [-0.3, -0.25) is 9.59 Å². The van der Waals surface area contributed by atoms with Crippen LogP contribution in [0.15, 0.2) is 54.6 Å². The minimum atomic E-state index is -0.663. The molecule has 0 aromatic heterocycles. The molecule has 0 bridgehead atoms. The minimum absolute atomic E-state index is 0.119. The molecule has 2 rings (SSSR count). The van der Waals surface area contributed by atoms with Crippen molar-refractivity contribution in [3.63, 3.8) is 0 Å². The largest absolute Gasteiger partial charge is 0.481 e. The van der Waals surface area contributed by atoms with Crippen molar-refractivity contribution >= 4 is 11.8 Å². The van der Waals surface area contributed by atoms with E-state index in [2.05, 4.69) is 13.8 Å². The highest BCUT2D eigenvalue weighted by Gasteiger charge is 2.23. The van der Waals surface area contributed by atoms with E-state index in [1.807, 2.05) is 54.6 Å². The number of nitrogens with zero attached hydrogens (tertiary/aromatic N) is 1. The molecule has 0 saturated heterocycles. The van der Waals surface area contributed by atoms with Crippen molar-refractivity contribution in [2.45, 2.75) is 45.8 Å². The van der Waals surface area contributed by atoms with Crippen LogP contribution in [0, 0.1) is 0 Å². The molecule has 5 nitrogen and oxygen atoms in total. The molecule has 1 unspecified atom stereocenters. The number of benzene rings is 2. The number of nitrogens with two attached hydrogens (primary N) is 1. The molecule has 0 aliphatic carbocycles. The van der Waals surface area contributed by atoms with Crippen LogP contribution < -0.4 is 10.5 Å². The van der Waals surface area contributed by atoms with Gasteiger partial charge in [-0.2, -0.15) is 0 Å². The summed E-state index contributed by atoms with van der Waals surface area (Å²) in [6, 6.07) is 17.4. The van der Waals surface area contributed by atoms with Gasteiger partial charge in [0.05, 0.1) is 0 Å².